The van der Waals surface area contributed by atoms with Gasteiger partial charge in [0.15, 0.2) is 0 Å². The molecule has 2 heteroatoms. The summed E-state index contributed by atoms with van der Waals surface area (Å²) < 4.78 is 5.48. The highest BCUT2D eigenvalue weighted by molar-refractivity contribution is 4.78. The first-order valence-corrected chi connectivity index (χ1v) is 8.13. The van der Waals surface area contributed by atoms with Crippen LogP contribution in [0, 0.1) is 5.92 Å². The number of hydrogen-bond donors (Lipinski definition) is 1. The minimum atomic E-state index is 0.688. The van der Waals surface area contributed by atoms with Crippen molar-refractivity contribution >= 4 is 0 Å². The highest BCUT2D eigenvalue weighted by Crippen LogP contribution is 2.21. The quantitative estimate of drug-likeness (QED) is 0.560. The smallest absolute Gasteiger partial charge is 0.0509 e. The van der Waals surface area contributed by atoms with Gasteiger partial charge in [-0.05, 0) is 25.8 Å². The van der Waals surface area contributed by atoms with Crippen LogP contribution < -0.4 is 5.32 Å². The fraction of sp³-hybridized carbons (Fsp3) is 1.00. The Morgan fingerprint density at radius 1 is 1.06 bits per heavy atom. The summed E-state index contributed by atoms with van der Waals surface area (Å²) in [7, 11) is 2.10. The van der Waals surface area contributed by atoms with Crippen LogP contribution in [-0.4, -0.2) is 26.3 Å². The SMILES string of the molecule is CCCCCCCCCCC(NC)C1CCOC1. The zero-order valence-electron chi connectivity index (χ0n) is 12.5. The molecule has 1 heterocycles. The average molecular weight is 255 g/mol. The van der Waals surface area contributed by atoms with Crippen molar-refractivity contribution in [3.05, 3.63) is 0 Å². The van der Waals surface area contributed by atoms with Gasteiger partial charge in [0.1, 0.15) is 0 Å². The van der Waals surface area contributed by atoms with E-state index in [2.05, 4.69) is 19.3 Å². The molecule has 1 saturated heterocycles. The molecule has 0 radical (unpaired) electrons. The van der Waals surface area contributed by atoms with E-state index in [1.54, 1.807) is 0 Å². The van der Waals surface area contributed by atoms with Crippen molar-refractivity contribution in [3.63, 3.8) is 0 Å². The standard InChI is InChI=1S/C16H33NO/c1-3-4-5-6-7-8-9-10-11-16(17-2)15-12-13-18-14-15/h15-17H,3-14H2,1-2H3. The van der Waals surface area contributed by atoms with Gasteiger partial charge in [-0.3, -0.25) is 0 Å². The second-order valence-electron chi connectivity index (χ2n) is 5.78. The Morgan fingerprint density at radius 2 is 1.72 bits per heavy atom. The lowest BCUT2D eigenvalue weighted by atomic mass is 9.94. The van der Waals surface area contributed by atoms with Crippen LogP contribution in [-0.2, 0) is 4.74 Å². The van der Waals surface area contributed by atoms with Gasteiger partial charge in [0, 0.05) is 12.6 Å². The van der Waals surface area contributed by atoms with E-state index in [1.165, 1.54) is 64.2 Å². The van der Waals surface area contributed by atoms with Crippen LogP contribution in [0.25, 0.3) is 0 Å². The largest absolute Gasteiger partial charge is 0.381 e. The molecular formula is C16H33NO. The molecule has 1 rings (SSSR count). The minimum absolute atomic E-state index is 0.688. The van der Waals surface area contributed by atoms with Crippen molar-refractivity contribution in [1.82, 2.24) is 5.32 Å². The number of unbranched alkanes of at least 4 members (excludes halogenated alkanes) is 7. The molecule has 0 amide bonds. The fourth-order valence-electron chi connectivity index (χ4n) is 2.98. The Hall–Kier alpha value is -0.0800. The van der Waals surface area contributed by atoms with Gasteiger partial charge < -0.3 is 10.1 Å². The average Bonchev–Trinajstić information content (AvgIpc) is 2.91. The maximum atomic E-state index is 5.48. The van der Waals surface area contributed by atoms with Crippen molar-refractivity contribution < 1.29 is 4.74 Å². The molecule has 2 unspecified atom stereocenters. The molecule has 0 aliphatic carbocycles. The van der Waals surface area contributed by atoms with Gasteiger partial charge in [-0.2, -0.15) is 0 Å². The molecule has 1 N–H and O–H groups in total. The molecule has 0 saturated carbocycles. The number of ether oxygens (including phenoxy) is 1. The predicted octanol–water partition coefficient (Wildman–Crippen LogP) is 4.14. The summed E-state index contributed by atoms with van der Waals surface area (Å²) in [5, 5.41) is 3.48. The Bertz CT molecular complexity index is 178. The summed E-state index contributed by atoms with van der Waals surface area (Å²) in [6.07, 6.45) is 13.9. The molecule has 0 aromatic rings. The molecule has 0 bridgehead atoms. The molecule has 1 aliphatic rings. The zero-order chi connectivity index (χ0) is 13.1. The van der Waals surface area contributed by atoms with Gasteiger partial charge >= 0.3 is 0 Å². The predicted molar refractivity (Wildman–Crippen MR) is 79.0 cm³/mol. The highest BCUT2D eigenvalue weighted by Gasteiger charge is 2.23. The van der Waals surface area contributed by atoms with E-state index in [-0.39, 0.29) is 0 Å². The second kappa shape index (κ2) is 10.8. The van der Waals surface area contributed by atoms with E-state index in [9.17, 15) is 0 Å². The Morgan fingerprint density at radius 3 is 2.28 bits per heavy atom. The third-order valence-electron chi connectivity index (χ3n) is 4.27. The Labute approximate surface area is 114 Å². The highest BCUT2D eigenvalue weighted by atomic mass is 16.5. The summed E-state index contributed by atoms with van der Waals surface area (Å²) in [6, 6.07) is 0.688. The van der Waals surface area contributed by atoms with Crippen molar-refractivity contribution in [2.75, 3.05) is 20.3 Å². The van der Waals surface area contributed by atoms with E-state index in [1.807, 2.05) is 0 Å². The lowest BCUT2D eigenvalue weighted by Crippen LogP contribution is -2.33. The maximum absolute atomic E-state index is 5.48. The molecule has 0 spiro atoms. The fourth-order valence-corrected chi connectivity index (χ4v) is 2.98. The summed E-state index contributed by atoms with van der Waals surface area (Å²) >= 11 is 0. The molecule has 2 atom stereocenters. The minimum Gasteiger partial charge on any atom is -0.381 e. The number of nitrogens with one attached hydrogen (secondary N) is 1. The van der Waals surface area contributed by atoms with Gasteiger partial charge in [0.2, 0.25) is 0 Å². The molecule has 18 heavy (non-hydrogen) atoms. The van der Waals surface area contributed by atoms with Gasteiger partial charge in [-0.25, -0.2) is 0 Å². The Kier molecular flexibility index (Phi) is 9.59. The van der Waals surface area contributed by atoms with Crippen LogP contribution in [0.4, 0.5) is 0 Å². The maximum Gasteiger partial charge on any atom is 0.0509 e. The molecule has 0 aromatic heterocycles. The molecule has 108 valence electrons. The van der Waals surface area contributed by atoms with E-state index in [0.29, 0.717) is 6.04 Å². The summed E-state index contributed by atoms with van der Waals surface area (Å²) in [5.74, 6) is 0.763. The lowest BCUT2D eigenvalue weighted by Gasteiger charge is -2.21. The van der Waals surface area contributed by atoms with Crippen LogP contribution in [0.2, 0.25) is 0 Å². The first-order valence-electron chi connectivity index (χ1n) is 8.13. The number of rotatable bonds is 11. The van der Waals surface area contributed by atoms with Crippen molar-refractivity contribution in [2.45, 2.75) is 77.2 Å². The topological polar surface area (TPSA) is 21.3 Å². The van der Waals surface area contributed by atoms with Gasteiger partial charge in [-0.1, -0.05) is 58.3 Å². The van der Waals surface area contributed by atoms with Gasteiger partial charge in [-0.15, -0.1) is 0 Å². The first-order chi connectivity index (χ1) is 8.88. The summed E-state index contributed by atoms with van der Waals surface area (Å²) in [4.78, 5) is 0. The van der Waals surface area contributed by atoms with E-state index in [4.69, 9.17) is 4.74 Å². The van der Waals surface area contributed by atoms with Crippen LogP contribution in [0.1, 0.15) is 71.1 Å². The third kappa shape index (κ3) is 6.75. The molecule has 0 aromatic carbocycles. The van der Waals surface area contributed by atoms with Gasteiger partial charge in [0.05, 0.1) is 6.61 Å². The van der Waals surface area contributed by atoms with Crippen LogP contribution in [0.3, 0.4) is 0 Å². The van der Waals surface area contributed by atoms with Crippen LogP contribution in [0.15, 0.2) is 0 Å². The van der Waals surface area contributed by atoms with E-state index in [0.717, 1.165) is 19.1 Å². The molecule has 1 aliphatic heterocycles. The summed E-state index contributed by atoms with van der Waals surface area (Å²) in [5.41, 5.74) is 0. The lowest BCUT2D eigenvalue weighted by molar-refractivity contribution is 0.176. The zero-order valence-corrected chi connectivity index (χ0v) is 12.5. The monoisotopic (exact) mass is 255 g/mol. The van der Waals surface area contributed by atoms with Crippen LogP contribution >= 0.6 is 0 Å². The van der Waals surface area contributed by atoms with Gasteiger partial charge in [0.25, 0.3) is 0 Å². The van der Waals surface area contributed by atoms with E-state index < -0.39 is 0 Å². The van der Waals surface area contributed by atoms with E-state index >= 15 is 0 Å². The molecule has 2 nitrogen and oxygen atoms in total. The summed E-state index contributed by atoms with van der Waals surface area (Å²) in [6.45, 7) is 4.23. The number of hydrogen-bond acceptors (Lipinski definition) is 2. The molecular weight excluding hydrogens is 222 g/mol. The van der Waals surface area contributed by atoms with Crippen molar-refractivity contribution in [1.29, 1.82) is 0 Å². The van der Waals surface area contributed by atoms with Crippen molar-refractivity contribution in [3.8, 4) is 0 Å². The third-order valence-corrected chi connectivity index (χ3v) is 4.27. The molecule has 1 fully saturated rings. The normalized spacial score (nSPS) is 21.3. The first kappa shape index (κ1) is 16.0. The van der Waals surface area contributed by atoms with Crippen LogP contribution in [0.5, 0.6) is 0 Å². The Balaban J connectivity index is 1.92. The van der Waals surface area contributed by atoms with Crippen molar-refractivity contribution in [2.24, 2.45) is 5.92 Å². The second-order valence-corrected chi connectivity index (χ2v) is 5.78.